The Labute approximate surface area is 229 Å². The Balaban J connectivity index is 1.53. The van der Waals surface area contributed by atoms with Crippen LogP contribution < -0.4 is 10.1 Å². The molecule has 2 N–H and O–H groups in total. The summed E-state index contributed by atoms with van der Waals surface area (Å²) in [6, 6.07) is 5.48. The van der Waals surface area contributed by atoms with Crippen molar-refractivity contribution in [3.05, 3.63) is 23.8 Å². The normalized spacial score (nSPS) is 24.7. The predicted octanol–water partition coefficient (Wildman–Crippen LogP) is 4.87. The van der Waals surface area contributed by atoms with Crippen LogP contribution in [0.25, 0.3) is 0 Å². The number of ether oxygens (including phenoxy) is 1. The maximum absolute atomic E-state index is 13.5. The van der Waals surface area contributed by atoms with Crippen molar-refractivity contribution in [3.8, 4) is 5.75 Å². The molecule has 38 heavy (non-hydrogen) atoms. The number of carbonyl (C=O) groups excluding carboxylic acids is 2. The summed E-state index contributed by atoms with van der Waals surface area (Å²) in [5.41, 5.74) is 1.51. The Kier molecular flexibility index (Phi) is 10.5. The first-order valence-electron chi connectivity index (χ1n) is 15.0. The van der Waals surface area contributed by atoms with Gasteiger partial charge in [-0.05, 0) is 63.8 Å². The molecule has 2 saturated carbocycles. The number of fused-ring (bicyclic) bond motifs is 1. The summed E-state index contributed by atoms with van der Waals surface area (Å²) in [7, 11) is 2.18. The Hall–Kier alpha value is -2.12. The van der Waals surface area contributed by atoms with E-state index in [1.807, 2.05) is 30.0 Å². The summed E-state index contributed by atoms with van der Waals surface area (Å²) < 4.78 is 6.68. The summed E-state index contributed by atoms with van der Waals surface area (Å²) in [5.74, 6) is 1.68. The van der Waals surface area contributed by atoms with Gasteiger partial charge in [0.2, 0.25) is 11.8 Å². The molecular formula is C31H49N3O4. The van der Waals surface area contributed by atoms with Crippen molar-refractivity contribution in [2.45, 2.75) is 96.6 Å². The molecule has 1 aliphatic heterocycles. The first kappa shape index (κ1) is 28.9. The molecule has 0 unspecified atom stereocenters. The van der Waals surface area contributed by atoms with E-state index < -0.39 is 0 Å². The van der Waals surface area contributed by atoms with E-state index in [9.17, 15) is 14.7 Å². The van der Waals surface area contributed by atoms with Gasteiger partial charge in [-0.3, -0.25) is 9.59 Å². The smallest absolute Gasteiger partial charge is 0.227 e. The highest BCUT2D eigenvalue weighted by molar-refractivity contribution is 5.93. The third-order valence-electron chi connectivity index (χ3n) is 8.95. The molecule has 7 heteroatoms. The fraction of sp³-hybridized carbons (Fsp3) is 0.742. The topological polar surface area (TPSA) is 82.1 Å². The van der Waals surface area contributed by atoms with Crippen LogP contribution in [0.3, 0.4) is 0 Å². The lowest BCUT2D eigenvalue weighted by Crippen LogP contribution is -2.48. The Morgan fingerprint density at radius 2 is 1.79 bits per heavy atom. The van der Waals surface area contributed by atoms with Crippen LogP contribution in [0.1, 0.15) is 83.6 Å². The second-order valence-corrected chi connectivity index (χ2v) is 12.3. The van der Waals surface area contributed by atoms with E-state index in [1.165, 1.54) is 38.5 Å². The van der Waals surface area contributed by atoms with Gasteiger partial charge in [0.1, 0.15) is 11.9 Å². The summed E-state index contributed by atoms with van der Waals surface area (Å²) >= 11 is 0. The Morgan fingerprint density at radius 3 is 2.47 bits per heavy atom. The van der Waals surface area contributed by atoms with Crippen molar-refractivity contribution in [3.63, 3.8) is 0 Å². The van der Waals surface area contributed by atoms with Gasteiger partial charge in [-0.15, -0.1) is 0 Å². The maximum Gasteiger partial charge on any atom is 0.227 e. The number of carbonyl (C=O) groups is 2. The van der Waals surface area contributed by atoms with E-state index in [-0.39, 0.29) is 48.8 Å². The van der Waals surface area contributed by atoms with Crippen molar-refractivity contribution in [2.24, 2.45) is 17.8 Å². The molecule has 212 valence electrons. The van der Waals surface area contributed by atoms with Crippen molar-refractivity contribution in [1.29, 1.82) is 0 Å². The zero-order chi connectivity index (χ0) is 27.1. The average molecular weight is 528 g/mol. The van der Waals surface area contributed by atoms with Gasteiger partial charge in [-0.1, -0.05) is 45.4 Å². The van der Waals surface area contributed by atoms with Gasteiger partial charge in [0, 0.05) is 42.7 Å². The lowest BCUT2D eigenvalue weighted by atomic mass is 9.88. The van der Waals surface area contributed by atoms with Gasteiger partial charge in [-0.25, -0.2) is 0 Å². The summed E-state index contributed by atoms with van der Waals surface area (Å²) in [6.45, 7) is 6.37. The van der Waals surface area contributed by atoms with E-state index in [0.29, 0.717) is 6.54 Å². The van der Waals surface area contributed by atoms with E-state index in [4.69, 9.17) is 4.74 Å². The van der Waals surface area contributed by atoms with Crippen molar-refractivity contribution in [2.75, 3.05) is 38.6 Å². The molecular weight excluding hydrogens is 478 g/mol. The molecule has 2 aliphatic carbocycles. The van der Waals surface area contributed by atoms with Gasteiger partial charge < -0.3 is 25.0 Å². The highest BCUT2D eigenvalue weighted by Crippen LogP contribution is 2.31. The number of hydrogen-bond donors (Lipinski definition) is 2. The second-order valence-electron chi connectivity index (χ2n) is 12.3. The number of nitrogens with one attached hydrogen (secondary N) is 1. The van der Waals surface area contributed by atoms with Crippen molar-refractivity contribution in [1.82, 2.24) is 9.80 Å². The number of aliphatic hydroxyl groups is 1. The molecule has 0 aromatic heterocycles. The van der Waals surface area contributed by atoms with E-state index in [0.717, 1.165) is 61.7 Å². The van der Waals surface area contributed by atoms with Crippen molar-refractivity contribution < 1.29 is 19.4 Å². The molecule has 3 atom stereocenters. The molecule has 0 saturated heterocycles. The molecule has 2 fully saturated rings. The summed E-state index contributed by atoms with van der Waals surface area (Å²) in [4.78, 5) is 30.6. The first-order chi connectivity index (χ1) is 18.3. The lowest BCUT2D eigenvalue weighted by Gasteiger charge is -2.35. The van der Waals surface area contributed by atoms with Gasteiger partial charge in [-0.2, -0.15) is 0 Å². The molecule has 0 spiro atoms. The Bertz CT molecular complexity index is 926. The summed E-state index contributed by atoms with van der Waals surface area (Å²) in [6.07, 6.45) is 12.0. The molecule has 4 rings (SSSR count). The minimum absolute atomic E-state index is 0.0183. The molecule has 2 amide bonds. The number of anilines is 1. The van der Waals surface area contributed by atoms with Crippen LogP contribution in [-0.4, -0.2) is 72.2 Å². The standard InChI is InChI=1S/C31H49N3O4/c1-22-18-34(23(2)21-35)30(36)17-26-16-27(32-31(37)25-12-8-5-9-13-25)14-15-28(26)38-29(22)20-33(3)19-24-10-6-4-7-11-24/h14-16,22-25,29,35H,4-13,17-21H2,1-3H3,(H,32,37)/t22-,23+,29+/m1/s1. The first-order valence-corrected chi connectivity index (χ1v) is 15.0. The number of rotatable bonds is 8. The van der Waals surface area contributed by atoms with E-state index in [2.05, 4.69) is 24.2 Å². The monoisotopic (exact) mass is 527 g/mol. The van der Waals surface area contributed by atoms with Gasteiger partial charge in [0.25, 0.3) is 0 Å². The molecule has 1 aromatic carbocycles. The van der Waals surface area contributed by atoms with E-state index in [1.54, 1.807) is 0 Å². The third kappa shape index (κ3) is 7.72. The molecule has 0 bridgehead atoms. The zero-order valence-electron chi connectivity index (χ0n) is 23.8. The molecule has 0 radical (unpaired) electrons. The quantitative estimate of drug-likeness (QED) is 0.504. The van der Waals surface area contributed by atoms with Crippen LogP contribution in [0.15, 0.2) is 18.2 Å². The van der Waals surface area contributed by atoms with Crippen molar-refractivity contribution >= 4 is 17.5 Å². The van der Waals surface area contributed by atoms with Crippen LogP contribution in [0, 0.1) is 17.8 Å². The highest BCUT2D eigenvalue weighted by Gasteiger charge is 2.32. The number of nitrogens with zero attached hydrogens (tertiary/aromatic N) is 2. The SMILES string of the molecule is C[C@@H]1CN([C@@H](C)CO)C(=O)Cc2cc(NC(=O)C3CCCCC3)ccc2O[C@H]1CN(C)CC1CCCCC1. The largest absolute Gasteiger partial charge is 0.488 e. The minimum Gasteiger partial charge on any atom is -0.488 e. The molecule has 3 aliphatic rings. The molecule has 1 heterocycles. The van der Waals surface area contributed by atoms with Gasteiger partial charge in [0.05, 0.1) is 19.1 Å². The molecule has 7 nitrogen and oxygen atoms in total. The number of aliphatic hydroxyl groups excluding tert-OH is 1. The third-order valence-corrected chi connectivity index (χ3v) is 8.95. The number of hydrogen-bond acceptors (Lipinski definition) is 5. The fourth-order valence-electron chi connectivity index (χ4n) is 6.53. The van der Waals surface area contributed by atoms with Gasteiger partial charge >= 0.3 is 0 Å². The minimum atomic E-state index is -0.263. The Morgan fingerprint density at radius 1 is 1.11 bits per heavy atom. The van der Waals surface area contributed by atoms with Crippen LogP contribution in [0.5, 0.6) is 5.75 Å². The lowest BCUT2D eigenvalue weighted by molar-refractivity contribution is -0.134. The fourth-order valence-corrected chi connectivity index (χ4v) is 6.53. The van der Waals surface area contributed by atoms with E-state index >= 15 is 0 Å². The van der Waals surface area contributed by atoms with Crippen LogP contribution in [0.4, 0.5) is 5.69 Å². The second kappa shape index (κ2) is 13.8. The number of benzene rings is 1. The van der Waals surface area contributed by atoms with Crippen LogP contribution >= 0.6 is 0 Å². The van der Waals surface area contributed by atoms with Crippen LogP contribution in [-0.2, 0) is 16.0 Å². The number of likely N-dealkylation sites (N-methyl/N-ethyl adjacent to an activating group) is 1. The predicted molar refractivity (Wildman–Crippen MR) is 151 cm³/mol. The maximum atomic E-state index is 13.5. The number of amides is 2. The zero-order valence-corrected chi connectivity index (χ0v) is 23.8. The molecule has 1 aromatic rings. The highest BCUT2D eigenvalue weighted by atomic mass is 16.5. The van der Waals surface area contributed by atoms with Gasteiger partial charge in [0.15, 0.2) is 0 Å². The van der Waals surface area contributed by atoms with Crippen LogP contribution in [0.2, 0.25) is 0 Å². The summed E-state index contributed by atoms with van der Waals surface area (Å²) in [5, 5.41) is 13.0. The average Bonchev–Trinajstić information content (AvgIpc) is 2.97.